The van der Waals surface area contributed by atoms with E-state index in [0.717, 1.165) is 5.76 Å². The van der Waals surface area contributed by atoms with Gasteiger partial charge in [0.15, 0.2) is 0 Å². The fourth-order valence-corrected chi connectivity index (χ4v) is 1.84. The number of amides is 1. The Hall–Kier alpha value is -3.09. The predicted molar refractivity (Wildman–Crippen MR) is 77.9 cm³/mol. The summed E-state index contributed by atoms with van der Waals surface area (Å²) in [4.78, 5) is 20.1. The maximum atomic E-state index is 12.0. The van der Waals surface area contributed by atoms with E-state index in [1.165, 1.54) is 6.33 Å². The van der Waals surface area contributed by atoms with E-state index in [1.54, 1.807) is 30.7 Å². The molecule has 0 saturated heterocycles. The Balaban J connectivity index is 1.59. The summed E-state index contributed by atoms with van der Waals surface area (Å²) in [6.45, 7) is 0.794. The van der Waals surface area contributed by atoms with Crippen molar-refractivity contribution in [1.29, 1.82) is 0 Å². The molecule has 0 unspecified atom stereocenters. The molecular weight excluding hydrogens is 284 g/mol. The normalized spacial score (nSPS) is 10.4. The zero-order valence-corrected chi connectivity index (χ0v) is 11.7. The van der Waals surface area contributed by atoms with Gasteiger partial charge in [-0.1, -0.05) is 0 Å². The molecule has 0 aliphatic heterocycles. The summed E-state index contributed by atoms with van der Waals surface area (Å²) in [7, 11) is 0. The molecule has 0 aliphatic carbocycles. The molecule has 2 N–H and O–H groups in total. The van der Waals surface area contributed by atoms with Crippen LogP contribution in [-0.2, 0) is 13.1 Å². The lowest BCUT2D eigenvalue weighted by molar-refractivity contribution is 0.0943. The lowest BCUT2D eigenvalue weighted by Gasteiger charge is -2.06. The van der Waals surface area contributed by atoms with Gasteiger partial charge in [0.25, 0.3) is 5.91 Å². The molecule has 0 spiro atoms. The number of furan rings is 2. The summed E-state index contributed by atoms with van der Waals surface area (Å²) in [5, 5.41) is 5.80. The molecule has 3 aromatic rings. The van der Waals surface area contributed by atoms with E-state index >= 15 is 0 Å². The Morgan fingerprint density at radius 2 is 1.77 bits per heavy atom. The zero-order valence-electron chi connectivity index (χ0n) is 11.7. The van der Waals surface area contributed by atoms with E-state index in [-0.39, 0.29) is 11.6 Å². The van der Waals surface area contributed by atoms with Crippen LogP contribution in [0.5, 0.6) is 0 Å². The van der Waals surface area contributed by atoms with Crippen molar-refractivity contribution in [3.63, 3.8) is 0 Å². The van der Waals surface area contributed by atoms with Gasteiger partial charge in [-0.25, -0.2) is 9.97 Å². The number of aromatic nitrogens is 2. The number of carbonyl (C=O) groups excluding carboxylic acids is 1. The molecule has 22 heavy (non-hydrogen) atoms. The van der Waals surface area contributed by atoms with Crippen molar-refractivity contribution < 1.29 is 13.6 Å². The molecule has 1 amide bonds. The summed E-state index contributed by atoms with van der Waals surface area (Å²) >= 11 is 0. The van der Waals surface area contributed by atoms with Crippen LogP contribution in [-0.4, -0.2) is 15.9 Å². The molecule has 7 heteroatoms. The van der Waals surface area contributed by atoms with E-state index in [9.17, 15) is 4.79 Å². The molecule has 112 valence electrons. The van der Waals surface area contributed by atoms with Gasteiger partial charge in [0.2, 0.25) is 0 Å². The van der Waals surface area contributed by atoms with Gasteiger partial charge in [0.1, 0.15) is 29.4 Å². The first kappa shape index (κ1) is 13.9. The second-order valence-electron chi connectivity index (χ2n) is 4.48. The minimum absolute atomic E-state index is 0.281. The van der Waals surface area contributed by atoms with Gasteiger partial charge in [0.05, 0.1) is 25.6 Å². The van der Waals surface area contributed by atoms with Crippen molar-refractivity contribution >= 4 is 11.7 Å². The van der Waals surface area contributed by atoms with Gasteiger partial charge in [0, 0.05) is 6.07 Å². The zero-order chi connectivity index (χ0) is 15.2. The van der Waals surface area contributed by atoms with Crippen LogP contribution in [0.3, 0.4) is 0 Å². The Morgan fingerprint density at radius 3 is 2.45 bits per heavy atom. The van der Waals surface area contributed by atoms with Gasteiger partial charge in [-0.3, -0.25) is 4.79 Å². The lowest BCUT2D eigenvalue weighted by atomic mass is 10.3. The highest BCUT2D eigenvalue weighted by Gasteiger charge is 2.09. The standard InChI is InChI=1S/C15H14N4O3/c20-15(17-9-12-4-2-6-22-12)13-7-14(19-10-18-13)16-8-11-3-1-5-21-11/h1-7,10H,8-9H2,(H,17,20)(H,16,18,19). The second-order valence-corrected chi connectivity index (χ2v) is 4.48. The first-order chi connectivity index (χ1) is 10.8. The van der Waals surface area contributed by atoms with Crippen molar-refractivity contribution in [3.05, 3.63) is 66.4 Å². The van der Waals surface area contributed by atoms with Crippen LogP contribution >= 0.6 is 0 Å². The van der Waals surface area contributed by atoms with Gasteiger partial charge < -0.3 is 19.5 Å². The van der Waals surface area contributed by atoms with E-state index in [2.05, 4.69) is 20.6 Å². The predicted octanol–water partition coefficient (Wildman–Crippen LogP) is 2.20. The molecule has 0 aliphatic rings. The van der Waals surface area contributed by atoms with E-state index in [1.807, 2.05) is 12.1 Å². The van der Waals surface area contributed by atoms with E-state index in [0.29, 0.717) is 24.7 Å². The van der Waals surface area contributed by atoms with Crippen LogP contribution in [0.2, 0.25) is 0 Å². The average molecular weight is 298 g/mol. The van der Waals surface area contributed by atoms with Crippen molar-refractivity contribution in [2.75, 3.05) is 5.32 Å². The molecule has 3 heterocycles. The van der Waals surface area contributed by atoms with E-state index < -0.39 is 0 Å². The largest absolute Gasteiger partial charge is 0.467 e. The summed E-state index contributed by atoms with van der Waals surface area (Å²) in [6.07, 6.45) is 4.50. The van der Waals surface area contributed by atoms with Crippen LogP contribution in [0.4, 0.5) is 5.82 Å². The monoisotopic (exact) mass is 298 g/mol. The number of nitrogens with one attached hydrogen (secondary N) is 2. The molecule has 0 atom stereocenters. The smallest absolute Gasteiger partial charge is 0.270 e. The van der Waals surface area contributed by atoms with Gasteiger partial charge >= 0.3 is 0 Å². The van der Waals surface area contributed by atoms with Crippen LogP contribution < -0.4 is 10.6 Å². The van der Waals surface area contributed by atoms with Crippen molar-refractivity contribution in [2.24, 2.45) is 0 Å². The Bertz CT molecular complexity index is 723. The highest BCUT2D eigenvalue weighted by Crippen LogP contribution is 2.08. The van der Waals surface area contributed by atoms with Crippen LogP contribution in [0.15, 0.2) is 58.0 Å². The Kier molecular flexibility index (Phi) is 4.15. The number of nitrogens with zero attached hydrogens (tertiary/aromatic N) is 2. The fourth-order valence-electron chi connectivity index (χ4n) is 1.84. The summed E-state index contributed by atoms with van der Waals surface area (Å²) in [5.74, 6) is 1.72. The molecular formula is C15H14N4O3. The lowest BCUT2D eigenvalue weighted by Crippen LogP contribution is -2.23. The Labute approximate surface area is 126 Å². The van der Waals surface area contributed by atoms with Gasteiger partial charge in [-0.2, -0.15) is 0 Å². The molecule has 3 rings (SSSR count). The maximum Gasteiger partial charge on any atom is 0.270 e. The topological polar surface area (TPSA) is 93.2 Å². The highest BCUT2D eigenvalue weighted by molar-refractivity contribution is 5.92. The van der Waals surface area contributed by atoms with Crippen LogP contribution in [0.25, 0.3) is 0 Å². The molecule has 0 saturated carbocycles. The number of rotatable bonds is 6. The second kappa shape index (κ2) is 6.57. The van der Waals surface area contributed by atoms with Crippen LogP contribution in [0, 0.1) is 0 Å². The molecule has 3 aromatic heterocycles. The quantitative estimate of drug-likeness (QED) is 0.724. The number of carbonyl (C=O) groups is 1. The number of hydrogen-bond acceptors (Lipinski definition) is 6. The summed E-state index contributed by atoms with van der Waals surface area (Å²) < 4.78 is 10.4. The third-order valence-corrected chi connectivity index (χ3v) is 2.93. The van der Waals surface area contributed by atoms with Crippen molar-refractivity contribution in [3.8, 4) is 0 Å². The average Bonchev–Trinajstić information content (AvgIpc) is 3.24. The molecule has 0 aromatic carbocycles. The van der Waals surface area contributed by atoms with E-state index in [4.69, 9.17) is 8.83 Å². The van der Waals surface area contributed by atoms with Crippen LogP contribution in [0.1, 0.15) is 22.0 Å². The minimum atomic E-state index is -0.292. The minimum Gasteiger partial charge on any atom is -0.467 e. The number of hydrogen-bond donors (Lipinski definition) is 2. The Morgan fingerprint density at radius 1 is 1.05 bits per heavy atom. The molecule has 0 fully saturated rings. The molecule has 0 radical (unpaired) electrons. The highest BCUT2D eigenvalue weighted by atomic mass is 16.3. The fraction of sp³-hybridized carbons (Fsp3) is 0.133. The first-order valence-corrected chi connectivity index (χ1v) is 6.70. The van der Waals surface area contributed by atoms with Gasteiger partial charge in [-0.15, -0.1) is 0 Å². The number of anilines is 1. The molecule has 0 bridgehead atoms. The molecule has 7 nitrogen and oxygen atoms in total. The SMILES string of the molecule is O=C(NCc1ccco1)c1cc(NCc2ccco2)ncn1. The first-order valence-electron chi connectivity index (χ1n) is 6.70. The maximum absolute atomic E-state index is 12.0. The third kappa shape index (κ3) is 3.51. The summed E-state index contributed by atoms with van der Waals surface area (Å²) in [5.41, 5.74) is 0.281. The summed E-state index contributed by atoms with van der Waals surface area (Å²) in [6, 6.07) is 8.80. The van der Waals surface area contributed by atoms with Crippen molar-refractivity contribution in [2.45, 2.75) is 13.1 Å². The van der Waals surface area contributed by atoms with Crippen molar-refractivity contribution in [1.82, 2.24) is 15.3 Å². The third-order valence-electron chi connectivity index (χ3n) is 2.93. The van der Waals surface area contributed by atoms with Gasteiger partial charge in [-0.05, 0) is 24.3 Å².